The number of carbonyl (C=O) groups is 1. The van der Waals surface area contributed by atoms with Gasteiger partial charge in [0.15, 0.2) is 5.82 Å². The number of aromatic nitrogens is 1. The fourth-order valence-corrected chi connectivity index (χ4v) is 1.61. The highest BCUT2D eigenvalue weighted by Gasteiger charge is 2.11. The summed E-state index contributed by atoms with van der Waals surface area (Å²) in [6.45, 7) is 1.65. The average Bonchev–Trinajstić information content (AvgIpc) is 2.81. The monoisotopic (exact) mass is 279 g/mol. The predicted molar refractivity (Wildman–Crippen MR) is 69.6 cm³/mol. The van der Waals surface area contributed by atoms with Gasteiger partial charge in [-0.1, -0.05) is 17.3 Å². The van der Waals surface area contributed by atoms with Crippen LogP contribution >= 0.6 is 0 Å². The molecule has 2 aromatic rings. The Morgan fingerprint density at radius 3 is 2.95 bits per heavy atom. The van der Waals surface area contributed by atoms with Crippen molar-refractivity contribution in [1.29, 1.82) is 0 Å². The number of aliphatic hydroxyl groups excluding tert-OH is 1. The molecule has 2 amide bonds. The molecule has 2 rings (SSSR count). The Labute approximate surface area is 114 Å². The molecule has 0 spiro atoms. The average molecular weight is 279 g/mol. The normalized spacial score (nSPS) is 11.9. The molecule has 0 aliphatic carbocycles. The third-order valence-corrected chi connectivity index (χ3v) is 2.56. The second kappa shape index (κ2) is 6.16. The number of hydrogen-bond donors (Lipinski definition) is 3. The van der Waals surface area contributed by atoms with Crippen molar-refractivity contribution in [3.63, 3.8) is 0 Å². The third kappa shape index (κ3) is 3.79. The number of carbonyl (C=O) groups excluding carboxylic acids is 1. The molecule has 0 saturated carbocycles. The van der Waals surface area contributed by atoms with Crippen LogP contribution in [-0.2, 0) is 0 Å². The van der Waals surface area contributed by atoms with E-state index in [1.807, 2.05) is 0 Å². The lowest BCUT2D eigenvalue weighted by Crippen LogP contribution is -2.32. The van der Waals surface area contributed by atoms with Gasteiger partial charge in [-0.05, 0) is 24.6 Å². The Morgan fingerprint density at radius 2 is 2.30 bits per heavy atom. The van der Waals surface area contributed by atoms with Gasteiger partial charge in [0.05, 0.1) is 6.10 Å². The maximum atomic E-state index is 13.0. The van der Waals surface area contributed by atoms with Crippen LogP contribution in [0, 0.1) is 12.7 Å². The van der Waals surface area contributed by atoms with E-state index in [2.05, 4.69) is 15.8 Å². The van der Waals surface area contributed by atoms with Crippen molar-refractivity contribution in [2.75, 3.05) is 11.9 Å². The molecule has 0 aliphatic rings. The van der Waals surface area contributed by atoms with Crippen molar-refractivity contribution in [1.82, 2.24) is 10.5 Å². The minimum atomic E-state index is -0.990. The van der Waals surface area contributed by atoms with Crippen LogP contribution in [0.15, 0.2) is 34.9 Å². The number of nitrogens with one attached hydrogen (secondary N) is 2. The van der Waals surface area contributed by atoms with E-state index < -0.39 is 18.0 Å². The van der Waals surface area contributed by atoms with E-state index in [4.69, 9.17) is 4.52 Å². The van der Waals surface area contributed by atoms with Crippen molar-refractivity contribution >= 4 is 11.8 Å². The molecular formula is C13H14FN3O3. The largest absolute Gasteiger partial charge is 0.387 e. The Kier molecular flexibility index (Phi) is 4.31. The molecule has 0 radical (unpaired) electrons. The molecule has 6 nitrogen and oxygen atoms in total. The number of hydrogen-bond acceptors (Lipinski definition) is 4. The fourth-order valence-electron chi connectivity index (χ4n) is 1.61. The maximum absolute atomic E-state index is 13.0. The van der Waals surface area contributed by atoms with Crippen LogP contribution in [-0.4, -0.2) is 22.8 Å². The number of nitrogens with zero attached hydrogens (tertiary/aromatic N) is 1. The second-order valence-corrected chi connectivity index (χ2v) is 4.23. The lowest BCUT2D eigenvalue weighted by molar-refractivity contribution is 0.174. The molecule has 7 heteroatoms. The molecule has 1 atom stereocenters. The van der Waals surface area contributed by atoms with E-state index in [-0.39, 0.29) is 12.4 Å². The van der Waals surface area contributed by atoms with Gasteiger partial charge in [-0.15, -0.1) is 0 Å². The van der Waals surface area contributed by atoms with Gasteiger partial charge in [-0.25, -0.2) is 9.18 Å². The zero-order valence-electron chi connectivity index (χ0n) is 10.8. The molecule has 3 N–H and O–H groups in total. The number of halogens is 1. The van der Waals surface area contributed by atoms with Gasteiger partial charge in [0.1, 0.15) is 11.6 Å². The summed E-state index contributed by atoms with van der Waals surface area (Å²) in [6.07, 6.45) is -0.990. The van der Waals surface area contributed by atoms with Gasteiger partial charge in [0, 0.05) is 12.6 Å². The van der Waals surface area contributed by atoms with Gasteiger partial charge in [-0.2, -0.15) is 0 Å². The summed E-state index contributed by atoms with van der Waals surface area (Å²) in [5.41, 5.74) is 0.391. The van der Waals surface area contributed by atoms with Crippen molar-refractivity contribution < 1.29 is 18.8 Å². The number of aryl methyl sites for hydroxylation is 1. The number of amides is 2. The molecule has 0 aliphatic heterocycles. The van der Waals surface area contributed by atoms with Crippen molar-refractivity contribution in [2.45, 2.75) is 13.0 Å². The SMILES string of the molecule is Cc1cc(NC(=O)NC[C@H](O)c2cccc(F)c2)no1. The summed E-state index contributed by atoms with van der Waals surface area (Å²) in [5, 5.41) is 18.3. The van der Waals surface area contributed by atoms with Gasteiger partial charge in [-0.3, -0.25) is 5.32 Å². The van der Waals surface area contributed by atoms with Gasteiger partial charge < -0.3 is 14.9 Å². The van der Waals surface area contributed by atoms with Gasteiger partial charge in [0.2, 0.25) is 0 Å². The molecule has 1 aromatic carbocycles. The summed E-state index contributed by atoms with van der Waals surface area (Å²) in [5.74, 6) is 0.407. The lowest BCUT2D eigenvalue weighted by Gasteiger charge is -2.12. The highest BCUT2D eigenvalue weighted by molar-refractivity contribution is 5.88. The zero-order chi connectivity index (χ0) is 14.5. The first-order valence-electron chi connectivity index (χ1n) is 5.96. The Hall–Kier alpha value is -2.41. The molecule has 20 heavy (non-hydrogen) atoms. The fraction of sp³-hybridized carbons (Fsp3) is 0.231. The standard InChI is InChI=1S/C13H14FN3O3/c1-8-5-12(17-20-8)16-13(19)15-7-11(18)9-3-2-4-10(14)6-9/h2-6,11,18H,7H2,1H3,(H2,15,16,17,19)/t11-/m0/s1. The van der Waals surface area contributed by atoms with Crippen LogP contribution < -0.4 is 10.6 Å². The number of urea groups is 1. The molecule has 106 valence electrons. The molecule has 0 fully saturated rings. The van der Waals surface area contributed by atoms with E-state index in [0.29, 0.717) is 11.3 Å². The summed E-state index contributed by atoms with van der Waals surface area (Å²) >= 11 is 0. The van der Waals surface area contributed by atoms with Crippen LogP contribution in [0.1, 0.15) is 17.4 Å². The van der Waals surface area contributed by atoms with E-state index in [1.165, 1.54) is 18.2 Å². The summed E-state index contributed by atoms with van der Waals surface area (Å²) in [6, 6.07) is 6.59. The van der Waals surface area contributed by atoms with Crippen LogP contribution in [0.4, 0.5) is 15.0 Å². The second-order valence-electron chi connectivity index (χ2n) is 4.23. The highest BCUT2D eigenvalue weighted by Crippen LogP contribution is 2.13. The van der Waals surface area contributed by atoms with Crippen molar-refractivity contribution in [3.8, 4) is 0 Å². The number of benzene rings is 1. The lowest BCUT2D eigenvalue weighted by atomic mass is 10.1. The van der Waals surface area contributed by atoms with E-state index in [1.54, 1.807) is 19.1 Å². The Bertz CT molecular complexity index is 600. The molecule has 0 saturated heterocycles. The summed E-state index contributed by atoms with van der Waals surface area (Å²) < 4.78 is 17.8. The topological polar surface area (TPSA) is 87.4 Å². The first-order chi connectivity index (χ1) is 9.54. The Balaban J connectivity index is 1.84. The van der Waals surface area contributed by atoms with Gasteiger partial charge in [0.25, 0.3) is 0 Å². The molecule has 1 heterocycles. The highest BCUT2D eigenvalue weighted by atomic mass is 19.1. The minimum Gasteiger partial charge on any atom is -0.387 e. The van der Waals surface area contributed by atoms with Crippen molar-refractivity contribution in [2.24, 2.45) is 0 Å². The quantitative estimate of drug-likeness (QED) is 0.798. The third-order valence-electron chi connectivity index (χ3n) is 2.56. The predicted octanol–water partition coefficient (Wildman–Crippen LogP) is 1.98. The minimum absolute atomic E-state index is 0.0495. The number of rotatable bonds is 4. The maximum Gasteiger partial charge on any atom is 0.320 e. The molecule has 0 bridgehead atoms. The number of aliphatic hydroxyl groups is 1. The van der Waals surface area contributed by atoms with Gasteiger partial charge >= 0.3 is 6.03 Å². The summed E-state index contributed by atoms with van der Waals surface area (Å²) in [4.78, 5) is 11.5. The molecule has 0 unspecified atom stereocenters. The smallest absolute Gasteiger partial charge is 0.320 e. The van der Waals surface area contributed by atoms with E-state index in [0.717, 1.165) is 0 Å². The molecule has 1 aromatic heterocycles. The van der Waals surface area contributed by atoms with Crippen LogP contribution in [0.5, 0.6) is 0 Å². The van der Waals surface area contributed by atoms with Crippen molar-refractivity contribution in [3.05, 3.63) is 47.5 Å². The van der Waals surface area contributed by atoms with Crippen LogP contribution in [0.3, 0.4) is 0 Å². The van der Waals surface area contributed by atoms with Crippen LogP contribution in [0.2, 0.25) is 0 Å². The summed E-state index contributed by atoms with van der Waals surface area (Å²) in [7, 11) is 0. The van der Waals surface area contributed by atoms with E-state index >= 15 is 0 Å². The zero-order valence-corrected chi connectivity index (χ0v) is 10.8. The Morgan fingerprint density at radius 1 is 1.50 bits per heavy atom. The first-order valence-corrected chi connectivity index (χ1v) is 5.96. The van der Waals surface area contributed by atoms with E-state index in [9.17, 15) is 14.3 Å². The first kappa shape index (κ1) is 14.0. The molecular weight excluding hydrogens is 265 g/mol. The number of anilines is 1. The van der Waals surface area contributed by atoms with Crippen LogP contribution in [0.25, 0.3) is 0 Å².